The van der Waals surface area contributed by atoms with Gasteiger partial charge in [0.2, 0.25) is 0 Å². The zero-order valence-electron chi connectivity index (χ0n) is 37.8. The van der Waals surface area contributed by atoms with E-state index in [1.807, 2.05) is 0 Å². The highest BCUT2D eigenvalue weighted by Gasteiger charge is 2.46. The molecule has 0 unspecified atom stereocenters. The van der Waals surface area contributed by atoms with Crippen LogP contribution in [0, 0.1) is 0 Å². The molecule has 0 aliphatic carbocycles. The summed E-state index contributed by atoms with van der Waals surface area (Å²) in [5.74, 6) is 0. The van der Waals surface area contributed by atoms with E-state index in [4.69, 9.17) is 8.83 Å². The van der Waals surface area contributed by atoms with Gasteiger partial charge in [0, 0.05) is 71.7 Å². The molecule has 5 nitrogen and oxygen atoms in total. The van der Waals surface area contributed by atoms with Crippen LogP contribution in [-0.4, -0.2) is 11.3 Å². The predicted molar refractivity (Wildman–Crippen MR) is 285 cm³/mol. The fourth-order valence-corrected chi connectivity index (χ4v) is 11.8. The summed E-state index contributed by atoms with van der Waals surface area (Å²) in [7, 11) is 0. The lowest BCUT2D eigenvalue weighted by atomic mass is 9.45. The van der Waals surface area contributed by atoms with Gasteiger partial charge >= 0.3 is 6.85 Å². The van der Waals surface area contributed by atoms with Crippen molar-refractivity contribution in [3.05, 3.63) is 206 Å². The van der Waals surface area contributed by atoms with Crippen molar-refractivity contribution in [2.24, 2.45) is 0 Å². The van der Waals surface area contributed by atoms with E-state index in [-0.39, 0.29) is 12.3 Å². The van der Waals surface area contributed by atoms with Gasteiger partial charge in [-0.15, -0.1) is 0 Å². The molecule has 0 atom stereocenters. The van der Waals surface area contributed by atoms with Crippen molar-refractivity contribution in [1.29, 1.82) is 0 Å². The number of hydrogen-bond donors (Lipinski definition) is 0. The van der Waals surface area contributed by atoms with Crippen molar-refractivity contribution in [3.8, 4) is 11.1 Å². The molecular weight excluding hydrogens is 830 g/mol. The Balaban J connectivity index is 1.15. The first-order valence-electron chi connectivity index (χ1n) is 23.6. The van der Waals surface area contributed by atoms with Crippen LogP contribution < -0.4 is 20.7 Å². The van der Waals surface area contributed by atoms with Gasteiger partial charge in [-0.05, 0) is 117 Å². The Morgan fingerprint density at radius 1 is 0.471 bits per heavy atom. The van der Waals surface area contributed by atoms with Gasteiger partial charge in [-0.2, -0.15) is 0 Å². The molecule has 2 aliphatic rings. The van der Waals surface area contributed by atoms with Crippen LogP contribution in [0.25, 0.3) is 87.6 Å². The third-order valence-electron chi connectivity index (χ3n) is 14.8. The van der Waals surface area contributed by atoms with E-state index in [1.54, 1.807) is 0 Å². The molecule has 0 bridgehead atoms. The Bertz CT molecular complexity index is 4230. The number of nitrogens with zero attached hydrogens (tertiary/aromatic N) is 3. The lowest BCUT2D eigenvalue weighted by Gasteiger charge is -2.41. The van der Waals surface area contributed by atoms with Gasteiger partial charge in [-0.3, -0.25) is 0 Å². The highest BCUT2D eigenvalue weighted by Crippen LogP contribution is 2.53. The van der Waals surface area contributed by atoms with Crippen LogP contribution in [0.1, 0.15) is 26.3 Å². The number of furan rings is 2. The molecule has 6 heteroatoms. The van der Waals surface area contributed by atoms with Gasteiger partial charge in [-0.25, -0.2) is 0 Å². The average molecular weight is 872 g/mol. The van der Waals surface area contributed by atoms with Crippen LogP contribution in [0.15, 0.2) is 209 Å². The molecule has 5 heterocycles. The summed E-state index contributed by atoms with van der Waals surface area (Å²) in [4.78, 5) is 4.84. The van der Waals surface area contributed by atoms with E-state index >= 15 is 0 Å². The minimum Gasteiger partial charge on any atom is -0.454 e. The molecule has 0 fully saturated rings. The van der Waals surface area contributed by atoms with Gasteiger partial charge in [0.05, 0.1) is 11.4 Å². The largest absolute Gasteiger partial charge is 0.454 e. The van der Waals surface area contributed by atoms with Gasteiger partial charge in [0.15, 0.2) is 11.2 Å². The second-order valence-corrected chi connectivity index (χ2v) is 19.6. The summed E-state index contributed by atoms with van der Waals surface area (Å²) in [6.45, 7) is 6.81. The molecular formula is C62H42BN3O2. The number of fused-ring (bicyclic) bond motifs is 16. The van der Waals surface area contributed by atoms with Crippen LogP contribution >= 0.6 is 0 Å². The van der Waals surface area contributed by atoms with Gasteiger partial charge in [0.1, 0.15) is 11.2 Å². The summed E-state index contributed by atoms with van der Waals surface area (Å²) in [5.41, 5.74) is 18.2. The average Bonchev–Trinajstić information content (AvgIpc) is 4.06. The van der Waals surface area contributed by atoms with Crippen LogP contribution in [0.4, 0.5) is 34.1 Å². The monoisotopic (exact) mass is 871 g/mol. The minimum atomic E-state index is -0.205. The maximum absolute atomic E-state index is 7.25. The molecule has 320 valence electrons. The van der Waals surface area contributed by atoms with Gasteiger partial charge in [0.25, 0.3) is 0 Å². The quantitative estimate of drug-likeness (QED) is 0.165. The molecule has 15 rings (SSSR count). The normalized spacial score (nSPS) is 13.2. The molecule has 0 amide bonds. The first-order valence-corrected chi connectivity index (χ1v) is 23.6. The molecule has 3 aromatic heterocycles. The summed E-state index contributed by atoms with van der Waals surface area (Å²) in [6.07, 6.45) is 0. The summed E-state index contributed by atoms with van der Waals surface area (Å²) in [5, 5.41) is 9.44. The van der Waals surface area contributed by atoms with Crippen LogP contribution in [0.2, 0.25) is 0 Å². The van der Waals surface area contributed by atoms with Crippen molar-refractivity contribution in [2.45, 2.75) is 26.2 Å². The molecule has 0 spiro atoms. The SMILES string of the molecule is CC(C)(C)c1cc2c3c(c1)c1c4ccccc4ccc1n3B1c3ccc(N(c4ccccc4)c4ccccc4)cc3N(c3cccc4c3oc3ccccc34)c3c1c-2cc1c3oc2ccccc21. The standard InChI is InChI=1S/C62H42BN3O2/c1-62(2,3)38-33-47-46-36-48-44-24-13-15-28-55(44)68-61(48)59-57(46)63(66-51-32-29-37-17-10-11-22-42(37)56(51)49(34-38)58(47)66)50-31-30-41(64(39-18-6-4-7-19-39)40-20-8-5-9-21-40)35-53(50)65(59)52-26-16-25-45-43-23-12-14-27-54(43)67-60(45)52/h4-36H,1-3H3. The molecule has 0 N–H and O–H groups in total. The first kappa shape index (κ1) is 37.7. The molecule has 0 saturated heterocycles. The van der Waals surface area contributed by atoms with Crippen molar-refractivity contribution in [3.63, 3.8) is 0 Å². The highest BCUT2D eigenvalue weighted by atomic mass is 16.3. The van der Waals surface area contributed by atoms with Gasteiger partial charge in [-0.1, -0.05) is 142 Å². The van der Waals surface area contributed by atoms with E-state index in [9.17, 15) is 0 Å². The van der Waals surface area contributed by atoms with Gasteiger partial charge < -0.3 is 23.1 Å². The summed E-state index contributed by atoms with van der Waals surface area (Å²) in [6, 6.07) is 73.0. The lowest BCUT2D eigenvalue weighted by Crippen LogP contribution is -2.56. The topological polar surface area (TPSA) is 37.7 Å². The fourth-order valence-electron chi connectivity index (χ4n) is 11.8. The number of anilines is 6. The molecule has 13 aromatic rings. The van der Waals surface area contributed by atoms with Crippen molar-refractivity contribution >= 4 is 128 Å². The zero-order chi connectivity index (χ0) is 45.0. The predicted octanol–water partition coefficient (Wildman–Crippen LogP) is 15.9. The van der Waals surface area contributed by atoms with E-state index in [1.165, 1.54) is 60.2 Å². The lowest BCUT2D eigenvalue weighted by molar-refractivity contribution is 0.591. The Labute approximate surface area is 392 Å². The molecule has 10 aromatic carbocycles. The highest BCUT2D eigenvalue weighted by molar-refractivity contribution is 6.90. The summed E-state index contributed by atoms with van der Waals surface area (Å²) < 4.78 is 16.9. The smallest absolute Gasteiger partial charge is 0.333 e. The van der Waals surface area contributed by atoms with Crippen LogP contribution in [0.3, 0.4) is 0 Å². The van der Waals surface area contributed by atoms with E-state index in [2.05, 4.69) is 235 Å². The van der Waals surface area contributed by atoms with Crippen LogP contribution in [-0.2, 0) is 5.41 Å². The molecule has 68 heavy (non-hydrogen) atoms. The van der Waals surface area contributed by atoms with E-state index in [0.717, 1.165) is 78.0 Å². The van der Waals surface area contributed by atoms with Crippen LogP contribution in [0.5, 0.6) is 0 Å². The van der Waals surface area contributed by atoms with Crippen molar-refractivity contribution in [2.75, 3.05) is 9.80 Å². The second-order valence-electron chi connectivity index (χ2n) is 19.6. The second kappa shape index (κ2) is 13.6. The third kappa shape index (κ3) is 5.06. The first-order chi connectivity index (χ1) is 33.4. The number of aromatic nitrogens is 1. The maximum atomic E-state index is 7.25. The van der Waals surface area contributed by atoms with E-state index in [0.29, 0.717) is 0 Å². The molecule has 0 saturated carbocycles. The molecule has 2 aliphatic heterocycles. The number of para-hydroxylation sites is 5. The summed E-state index contributed by atoms with van der Waals surface area (Å²) >= 11 is 0. The fraction of sp³-hybridized carbons (Fsp3) is 0.0645. The Hall–Kier alpha value is -8.48. The third-order valence-corrected chi connectivity index (χ3v) is 14.8. The zero-order valence-corrected chi connectivity index (χ0v) is 37.8. The maximum Gasteiger partial charge on any atom is 0.333 e. The number of benzene rings is 10. The molecule has 0 radical (unpaired) electrons. The Kier molecular flexibility index (Phi) is 7.52. The Morgan fingerprint density at radius 2 is 1.12 bits per heavy atom. The van der Waals surface area contributed by atoms with E-state index < -0.39 is 0 Å². The number of hydrogen-bond acceptors (Lipinski definition) is 4. The Morgan fingerprint density at radius 3 is 1.85 bits per heavy atom. The van der Waals surface area contributed by atoms with Crippen molar-refractivity contribution < 1.29 is 8.83 Å². The minimum absolute atomic E-state index is 0.109. The number of rotatable bonds is 4. The van der Waals surface area contributed by atoms with Crippen molar-refractivity contribution in [1.82, 2.24) is 4.48 Å².